The topological polar surface area (TPSA) is 83.4 Å². The van der Waals surface area contributed by atoms with Gasteiger partial charge in [-0.15, -0.1) is 24.8 Å². The van der Waals surface area contributed by atoms with E-state index in [2.05, 4.69) is 10.2 Å². The molecule has 2 aliphatic rings. The number of β-amino-alcohol motifs (C(OH)–C–C–N with tert-alkyl or cyclic N) is 1. The number of nitrogens with zero attached hydrogens (tertiary/aromatic N) is 1. The van der Waals surface area contributed by atoms with E-state index < -0.39 is 6.10 Å². The Morgan fingerprint density at radius 1 is 1.12 bits per heavy atom. The summed E-state index contributed by atoms with van der Waals surface area (Å²) < 4.78 is 17.6. The number of hydrogen-bond acceptors (Lipinski definition) is 7. The fraction of sp³-hybridized carbons (Fsp3) is 0.760. The predicted octanol–water partition coefficient (Wildman–Crippen LogP) is 3.21. The van der Waals surface area contributed by atoms with Crippen molar-refractivity contribution in [3.8, 4) is 11.5 Å². The van der Waals surface area contributed by atoms with Crippen LogP contribution in [0.4, 0.5) is 0 Å². The number of hydrogen-bond donors (Lipinski definition) is 3. The Hall–Kier alpha value is -0.800. The van der Waals surface area contributed by atoms with E-state index in [9.17, 15) is 10.2 Å². The molecule has 1 unspecified atom stereocenters. The smallest absolute Gasteiger partial charge is 0.161 e. The van der Waals surface area contributed by atoms with Gasteiger partial charge in [-0.1, -0.05) is 32.8 Å². The number of likely N-dealkylation sites (tertiary alicyclic amines) is 1. The summed E-state index contributed by atoms with van der Waals surface area (Å²) in [6.07, 6.45) is 5.91. The van der Waals surface area contributed by atoms with Gasteiger partial charge in [0.2, 0.25) is 0 Å². The third-order valence-electron chi connectivity index (χ3n) is 6.48. The van der Waals surface area contributed by atoms with Gasteiger partial charge in [0.15, 0.2) is 11.5 Å². The fourth-order valence-corrected chi connectivity index (χ4v) is 4.69. The standard InChI is InChI=1S/C25H42N2O5.2ClH/c1-18(2)26-15-21(29)17-32-24-9-8-19(14-25(24)30-3)11-13-31-23-7-5-4-6-22(23)27-12-10-20(28)16-27;;/h8-9,14,18,20-23,26,28-29H,4-7,10-13,15-17H2,1-3H3;2*1H/t20?,21-,22+,23+;;/m1../s1. The van der Waals surface area contributed by atoms with E-state index in [0.717, 1.165) is 44.3 Å². The van der Waals surface area contributed by atoms with Crippen molar-refractivity contribution >= 4 is 24.8 Å². The molecule has 3 rings (SSSR count). The molecule has 1 heterocycles. The number of halogens is 2. The van der Waals surface area contributed by atoms with Crippen LogP contribution in [0.2, 0.25) is 0 Å². The van der Waals surface area contributed by atoms with E-state index in [0.29, 0.717) is 36.7 Å². The molecule has 198 valence electrons. The zero-order valence-corrected chi connectivity index (χ0v) is 22.4. The number of benzene rings is 1. The molecule has 4 atom stereocenters. The first kappa shape index (κ1) is 31.2. The lowest BCUT2D eigenvalue weighted by atomic mass is 9.91. The van der Waals surface area contributed by atoms with E-state index >= 15 is 0 Å². The summed E-state index contributed by atoms with van der Waals surface area (Å²) >= 11 is 0. The van der Waals surface area contributed by atoms with Crippen LogP contribution in [0.25, 0.3) is 0 Å². The Balaban J connectivity index is 0.00000289. The molecule has 0 radical (unpaired) electrons. The Morgan fingerprint density at radius 3 is 2.56 bits per heavy atom. The van der Waals surface area contributed by atoms with Gasteiger partial charge < -0.3 is 29.7 Å². The molecule has 1 saturated heterocycles. The average molecular weight is 524 g/mol. The van der Waals surface area contributed by atoms with Gasteiger partial charge in [-0.2, -0.15) is 0 Å². The Morgan fingerprint density at radius 2 is 1.88 bits per heavy atom. The maximum absolute atomic E-state index is 10.1. The minimum absolute atomic E-state index is 0. The van der Waals surface area contributed by atoms with Crippen molar-refractivity contribution < 1.29 is 24.4 Å². The molecule has 1 saturated carbocycles. The van der Waals surface area contributed by atoms with Crippen LogP contribution in [0.3, 0.4) is 0 Å². The van der Waals surface area contributed by atoms with Crippen LogP contribution in [-0.4, -0.2) is 85.5 Å². The van der Waals surface area contributed by atoms with Gasteiger partial charge in [-0.25, -0.2) is 0 Å². The monoisotopic (exact) mass is 522 g/mol. The van der Waals surface area contributed by atoms with Crippen LogP contribution in [0.1, 0.15) is 51.5 Å². The van der Waals surface area contributed by atoms with Crippen molar-refractivity contribution in [3.05, 3.63) is 23.8 Å². The first-order valence-electron chi connectivity index (χ1n) is 12.2. The Kier molecular flexibility index (Phi) is 14.7. The SMILES string of the molecule is COc1cc(CCO[C@H]2CCCC[C@@H]2N2CCC(O)C2)ccc1OC[C@H](O)CNC(C)C.Cl.Cl. The summed E-state index contributed by atoms with van der Waals surface area (Å²) in [5, 5.41) is 23.2. The second-order valence-corrected chi connectivity index (χ2v) is 9.46. The van der Waals surface area contributed by atoms with Crippen molar-refractivity contribution in [1.29, 1.82) is 0 Å². The normalized spacial score (nSPS) is 23.8. The second kappa shape index (κ2) is 16.0. The third kappa shape index (κ3) is 9.69. The number of aliphatic hydroxyl groups excluding tert-OH is 2. The zero-order chi connectivity index (χ0) is 22.9. The predicted molar refractivity (Wildman–Crippen MR) is 140 cm³/mol. The average Bonchev–Trinajstić information content (AvgIpc) is 3.23. The van der Waals surface area contributed by atoms with Gasteiger partial charge in [0, 0.05) is 31.7 Å². The van der Waals surface area contributed by atoms with Crippen LogP contribution in [-0.2, 0) is 11.2 Å². The highest BCUT2D eigenvalue weighted by Crippen LogP contribution is 2.30. The van der Waals surface area contributed by atoms with Gasteiger partial charge in [0.05, 0.1) is 25.9 Å². The minimum atomic E-state index is -0.574. The number of aliphatic hydroxyl groups is 2. The lowest BCUT2D eigenvalue weighted by molar-refractivity contribution is -0.0316. The van der Waals surface area contributed by atoms with Gasteiger partial charge >= 0.3 is 0 Å². The molecule has 2 fully saturated rings. The molecule has 0 bridgehead atoms. The molecule has 0 amide bonds. The maximum atomic E-state index is 10.1. The fourth-order valence-electron chi connectivity index (χ4n) is 4.69. The van der Waals surface area contributed by atoms with Crippen LogP contribution in [0.15, 0.2) is 18.2 Å². The highest BCUT2D eigenvalue weighted by molar-refractivity contribution is 5.85. The molecular weight excluding hydrogens is 479 g/mol. The first-order valence-corrected chi connectivity index (χ1v) is 12.2. The van der Waals surface area contributed by atoms with Gasteiger partial charge in [-0.05, 0) is 43.4 Å². The van der Waals surface area contributed by atoms with Gasteiger partial charge in [0.1, 0.15) is 12.7 Å². The van der Waals surface area contributed by atoms with Crippen molar-refractivity contribution in [3.63, 3.8) is 0 Å². The quantitative estimate of drug-likeness (QED) is 0.388. The van der Waals surface area contributed by atoms with E-state index in [4.69, 9.17) is 14.2 Å². The second-order valence-electron chi connectivity index (χ2n) is 9.46. The Bertz CT molecular complexity index is 697. The van der Waals surface area contributed by atoms with Gasteiger partial charge in [-0.3, -0.25) is 4.90 Å². The van der Waals surface area contributed by atoms with E-state index in [-0.39, 0.29) is 43.6 Å². The zero-order valence-electron chi connectivity index (χ0n) is 20.8. The minimum Gasteiger partial charge on any atom is -0.493 e. The lowest BCUT2D eigenvalue weighted by Crippen LogP contribution is -2.46. The maximum Gasteiger partial charge on any atom is 0.161 e. The van der Waals surface area contributed by atoms with Crippen LogP contribution < -0.4 is 14.8 Å². The summed E-state index contributed by atoms with van der Waals surface area (Å²) in [6, 6.07) is 6.70. The Labute approximate surface area is 217 Å². The molecule has 1 aliphatic heterocycles. The van der Waals surface area contributed by atoms with E-state index in [1.165, 1.54) is 12.8 Å². The molecular formula is C25H44Cl2N2O5. The van der Waals surface area contributed by atoms with Crippen molar-refractivity contribution in [1.82, 2.24) is 10.2 Å². The van der Waals surface area contributed by atoms with E-state index in [1.807, 2.05) is 32.0 Å². The highest BCUT2D eigenvalue weighted by Gasteiger charge is 2.34. The van der Waals surface area contributed by atoms with Crippen LogP contribution in [0.5, 0.6) is 11.5 Å². The van der Waals surface area contributed by atoms with Crippen molar-refractivity contribution in [2.75, 3.05) is 40.0 Å². The highest BCUT2D eigenvalue weighted by atomic mass is 35.5. The summed E-state index contributed by atoms with van der Waals surface area (Å²) in [4.78, 5) is 2.43. The summed E-state index contributed by atoms with van der Waals surface area (Å²) in [5.41, 5.74) is 1.14. The van der Waals surface area contributed by atoms with Gasteiger partial charge in [0.25, 0.3) is 0 Å². The molecule has 7 nitrogen and oxygen atoms in total. The summed E-state index contributed by atoms with van der Waals surface area (Å²) in [7, 11) is 1.64. The van der Waals surface area contributed by atoms with Crippen LogP contribution >= 0.6 is 24.8 Å². The van der Waals surface area contributed by atoms with Crippen molar-refractivity contribution in [2.24, 2.45) is 0 Å². The number of rotatable bonds is 12. The molecule has 3 N–H and O–H groups in total. The van der Waals surface area contributed by atoms with Crippen molar-refractivity contribution in [2.45, 2.75) is 82.8 Å². The van der Waals surface area contributed by atoms with E-state index in [1.54, 1.807) is 7.11 Å². The number of nitrogens with one attached hydrogen (secondary N) is 1. The summed E-state index contributed by atoms with van der Waals surface area (Å²) in [5.74, 6) is 1.31. The van der Waals surface area contributed by atoms with Crippen LogP contribution in [0, 0.1) is 0 Å². The number of methoxy groups -OCH3 is 1. The first-order chi connectivity index (χ1) is 15.5. The third-order valence-corrected chi connectivity index (χ3v) is 6.48. The molecule has 1 aromatic rings. The molecule has 9 heteroatoms. The molecule has 1 aliphatic carbocycles. The molecule has 0 aromatic heterocycles. The molecule has 1 aromatic carbocycles. The number of ether oxygens (including phenoxy) is 3. The largest absolute Gasteiger partial charge is 0.493 e. The lowest BCUT2D eigenvalue weighted by Gasteiger charge is -2.37. The molecule has 34 heavy (non-hydrogen) atoms. The molecule has 0 spiro atoms. The summed E-state index contributed by atoms with van der Waals surface area (Å²) in [6.45, 7) is 7.23.